The lowest BCUT2D eigenvalue weighted by atomic mass is 10.0. The minimum atomic E-state index is -0.580. The number of pyridine rings is 1. The Labute approximate surface area is 192 Å². The Morgan fingerprint density at radius 1 is 1.36 bits per heavy atom. The Hall–Kier alpha value is -3.91. The van der Waals surface area contributed by atoms with E-state index in [0.717, 1.165) is 22.5 Å². The molecule has 2 atom stereocenters. The minimum Gasteiger partial charge on any atom is -0.404 e. The van der Waals surface area contributed by atoms with Crippen molar-refractivity contribution in [1.82, 2.24) is 20.1 Å². The molecule has 8 heteroatoms. The molecular formula is C25H27FN6O. The standard InChI is InChI=1S/C25H27FN6O/c1-16(22-5-3-4-10-29-22)31(2)25(33)20-8-6-17(11-21(20)26)23-14-30-24-9-7-18(15-32(23)24)19(12-27)13-28/h3-12,14-16,24,30H,13,27-28H2,1-2H3/b19-12+. The first-order chi connectivity index (χ1) is 15.9. The van der Waals surface area contributed by atoms with Gasteiger partial charge in [0.15, 0.2) is 0 Å². The number of aromatic nitrogens is 1. The lowest BCUT2D eigenvalue weighted by molar-refractivity contribution is 0.0735. The smallest absolute Gasteiger partial charge is 0.257 e. The summed E-state index contributed by atoms with van der Waals surface area (Å²) in [6, 6.07) is 9.88. The highest BCUT2D eigenvalue weighted by Crippen LogP contribution is 2.32. The van der Waals surface area contributed by atoms with Crippen LogP contribution in [0.1, 0.15) is 34.6 Å². The Morgan fingerprint density at radius 3 is 2.85 bits per heavy atom. The van der Waals surface area contributed by atoms with E-state index in [9.17, 15) is 4.79 Å². The molecule has 2 unspecified atom stereocenters. The van der Waals surface area contributed by atoms with Crippen LogP contribution in [0.2, 0.25) is 0 Å². The molecule has 7 nitrogen and oxygen atoms in total. The molecule has 1 aromatic heterocycles. The molecule has 5 N–H and O–H groups in total. The fourth-order valence-corrected chi connectivity index (χ4v) is 3.89. The van der Waals surface area contributed by atoms with Gasteiger partial charge in [0.2, 0.25) is 0 Å². The van der Waals surface area contributed by atoms with E-state index in [1.54, 1.807) is 19.3 Å². The summed E-state index contributed by atoms with van der Waals surface area (Å²) in [6.45, 7) is 2.17. The number of amides is 1. The fourth-order valence-electron chi connectivity index (χ4n) is 3.89. The third-order valence-corrected chi connectivity index (χ3v) is 6.01. The zero-order chi connectivity index (χ0) is 23.5. The van der Waals surface area contributed by atoms with E-state index in [-0.39, 0.29) is 17.8 Å². The van der Waals surface area contributed by atoms with Gasteiger partial charge in [0.05, 0.1) is 23.0 Å². The number of nitrogens with zero attached hydrogens (tertiary/aromatic N) is 3. The summed E-state index contributed by atoms with van der Waals surface area (Å²) in [4.78, 5) is 20.8. The third kappa shape index (κ3) is 4.25. The summed E-state index contributed by atoms with van der Waals surface area (Å²) in [5.41, 5.74) is 15.4. The van der Waals surface area contributed by atoms with Crippen LogP contribution in [0.15, 0.2) is 84.5 Å². The fraction of sp³-hybridized carbons (Fsp3) is 0.200. The van der Waals surface area contributed by atoms with Crippen molar-refractivity contribution in [3.05, 3.63) is 107 Å². The molecule has 1 amide bonds. The molecule has 2 aliphatic heterocycles. The van der Waals surface area contributed by atoms with Crippen LogP contribution in [0, 0.1) is 5.82 Å². The van der Waals surface area contributed by atoms with Crippen molar-refractivity contribution in [1.29, 1.82) is 0 Å². The van der Waals surface area contributed by atoms with Gasteiger partial charge in [-0.25, -0.2) is 4.39 Å². The molecule has 0 fully saturated rings. The topological polar surface area (TPSA) is 101 Å². The summed E-state index contributed by atoms with van der Waals surface area (Å²) in [5, 5.41) is 3.26. The van der Waals surface area contributed by atoms with Crippen LogP contribution < -0.4 is 16.8 Å². The summed E-state index contributed by atoms with van der Waals surface area (Å²) in [7, 11) is 1.65. The molecule has 0 bridgehead atoms. The van der Waals surface area contributed by atoms with Gasteiger partial charge in [-0.3, -0.25) is 9.78 Å². The van der Waals surface area contributed by atoms with Gasteiger partial charge in [-0.1, -0.05) is 18.2 Å². The van der Waals surface area contributed by atoms with E-state index in [4.69, 9.17) is 11.5 Å². The van der Waals surface area contributed by atoms with Crippen molar-refractivity contribution in [3.8, 4) is 0 Å². The predicted octanol–water partition coefficient (Wildman–Crippen LogP) is 2.84. The van der Waals surface area contributed by atoms with Crippen LogP contribution in [0.3, 0.4) is 0 Å². The molecule has 33 heavy (non-hydrogen) atoms. The molecule has 0 spiro atoms. The molecule has 4 rings (SSSR count). The zero-order valence-electron chi connectivity index (χ0n) is 18.6. The number of carbonyl (C=O) groups is 1. The summed E-state index contributed by atoms with van der Waals surface area (Å²) < 4.78 is 15.1. The van der Waals surface area contributed by atoms with E-state index in [1.165, 1.54) is 23.2 Å². The Morgan fingerprint density at radius 2 is 2.18 bits per heavy atom. The monoisotopic (exact) mass is 446 g/mol. The Kier molecular flexibility index (Phi) is 6.28. The molecule has 0 saturated heterocycles. The molecule has 2 aliphatic rings. The Bertz CT molecular complexity index is 1170. The van der Waals surface area contributed by atoms with Crippen LogP contribution in [0.5, 0.6) is 0 Å². The largest absolute Gasteiger partial charge is 0.404 e. The number of fused-ring (bicyclic) bond motifs is 1. The second-order valence-electron chi connectivity index (χ2n) is 7.93. The average Bonchev–Trinajstić information content (AvgIpc) is 3.27. The molecule has 0 saturated carbocycles. The van der Waals surface area contributed by atoms with E-state index in [2.05, 4.69) is 10.3 Å². The first kappa shape index (κ1) is 22.3. The highest BCUT2D eigenvalue weighted by molar-refractivity contribution is 5.95. The van der Waals surface area contributed by atoms with Gasteiger partial charge in [-0.2, -0.15) is 0 Å². The lowest BCUT2D eigenvalue weighted by Gasteiger charge is -2.28. The molecule has 170 valence electrons. The summed E-state index contributed by atoms with van der Waals surface area (Å²) in [6.07, 6.45) is 10.8. The first-order valence-corrected chi connectivity index (χ1v) is 10.7. The number of benzene rings is 1. The second kappa shape index (κ2) is 9.30. The number of hydrogen-bond donors (Lipinski definition) is 3. The third-order valence-electron chi connectivity index (χ3n) is 6.01. The van der Waals surface area contributed by atoms with E-state index < -0.39 is 11.7 Å². The van der Waals surface area contributed by atoms with Gasteiger partial charge >= 0.3 is 0 Å². The average molecular weight is 447 g/mol. The molecular weight excluding hydrogens is 419 g/mol. The van der Waals surface area contributed by atoms with Gasteiger partial charge in [0.25, 0.3) is 5.91 Å². The maximum Gasteiger partial charge on any atom is 0.257 e. The van der Waals surface area contributed by atoms with Crippen molar-refractivity contribution in [2.24, 2.45) is 11.5 Å². The van der Waals surface area contributed by atoms with Crippen molar-refractivity contribution in [2.75, 3.05) is 13.6 Å². The van der Waals surface area contributed by atoms with Crippen LogP contribution in [0.4, 0.5) is 4.39 Å². The molecule has 1 aromatic carbocycles. The number of carbonyl (C=O) groups excluding carboxylic acids is 1. The predicted molar refractivity (Wildman–Crippen MR) is 126 cm³/mol. The number of nitrogens with one attached hydrogen (secondary N) is 1. The number of halogens is 1. The van der Waals surface area contributed by atoms with Crippen LogP contribution in [-0.2, 0) is 0 Å². The SMILES string of the molecule is CC(c1ccccn1)N(C)C(=O)c1ccc(C2=CNC3C=CC(/C(=C/N)CN)=CN23)cc1F. The zero-order valence-corrected chi connectivity index (χ0v) is 18.6. The quantitative estimate of drug-likeness (QED) is 0.631. The normalized spacial score (nSPS) is 18.2. The van der Waals surface area contributed by atoms with Crippen LogP contribution in [-0.4, -0.2) is 40.4 Å². The first-order valence-electron chi connectivity index (χ1n) is 10.7. The van der Waals surface area contributed by atoms with Crippen LogP contribution in [0.25, 0.3) is 5.70 Å². The molecule has 0 aliphatic carbocycles. The van der Waals surface area contributed by atoms with Crippen LogP contribution >= 0.6 is 0 Å². The minimum absolute atomic E-state index is 0.0124. The maximum absolute atomic E-state index is 15.1. The maximum atomic E-state index is 15.1. The van der Waals surface area contributed by atoms with Gasteiger partial charge in [0, 0.05) is 37.8 Å². The molecule has 2 aromatic rings. The molecule has 0 radical (unpaired) electrons. The number of rotatable bonds is 6. The second-order valence-corrected chi connectivity index (χ2v) is 7.93. The summed E-state index contributed by atoms with van der Waals surface area (Å²) >= 11 is 0. The highest BCUT2D eigenvalue weighted by Gasteiger charge is 2.28. The number of hydrogen-bond acceptors (Lipinski definition) is 6. The number of nitrogens with two attached hydrogens (primary N) is 2. The van der Waals surface area contributed by atoms with Gasteiger partial charge in [0.1, 0.15) is 12.0 Å². The Balaban J connectivity index is 1.57. The van der Waals surface area contributed by atoms with Gasteiger partial charge in [-0.05, 0) is 54.6 Å². The van der Waals surface area contributed by atoms with E-state index in [0.29, 0.717) is 12.1 Å². The molecule has 3 heterocycles. The summed E-state index contributed by atoms with van der Waals surface area (Å²) in [5.74, 6) is -0.986. The lowest BCUT2D eigenvalue weighted by Crippen LogP contribution is -2.33. The van der Waals surface area contributed by atoms with E-state index >= 15 is 4.39 Å². The highest BCUT2D eigenvalue weighted by atomic mass is 19.1. The van der Waals surface area contributed by atoms with Crippen molar-refractivity contribution in [3.63, 3.8) is 0 Å². The van der Waals surface area contributed by atoms with Crippen molar-refractivity contribution in [2.45, 2.75) is 19.1 Å². The number of allylic oxidation sites excluding steroid dienone is 1. The van der Waals surface area contributed by atoms with E-state index in [1.807, 2.05) is 54.6 Å². The van der Waals surface area contributed by atoms with Gasteiger partial charge in [-0.15, -0.1) is 0 Å². The van der Waals surface area contributed by atoms with Gasteiger partial charge < -0.3 is 26.6 Å². The van der Waals surface area contributed by atoms with Crippen molar-refractivity contribution >= 4 is 11.6 Å². The van der Waals surface area contributed by atoms with Crippen molar-refractivity contribution < 1.29 is 9.18 Å².